The van der Waals surface area contributed by atoms with E-state index in [1.165, 1.54) is 11.9 Å². The highest BCUT2D eigenvalue weighted by Crippen LogP contribution is 2.24. The lowest BCUT2D eigenvalue weighted by atomic mass is 9.91. The monoisotopic (exact) mass is 589 g/mol. The minimum atomic E-state index is -1.16. The molecule has 0 saturated carbocycles. The number of carbonyl (C=O) groups is 1. The number of unbranched alkanes of at least 4 members (excludes halogenated alkanes) is 1. The van der Waals surface area contributed by atoms with Crippen molar-refractivity contribution in [2.75, 3.05) is 50.0 Å². The van der Waals surface area contributed by atoms with Crippen molar-refractivity contribution < 1.29 is 14.6 Å². The largest absolute Gasteiger partial charge is 0.491 e. The second kappa shape index (κ2) is 15.2. The molecular weight excluding hydrogens is 542 g/mol. The van der Waals surface area contributed by atoms with Crippen LogP contribution in [0.15, 0.2) is 42.9 Å². The molecule has 0 radical (unpaired) electrons. The Bertz CT molecular complexity index is 1310. The third kappa shape index (κ3) is 9.69. The van der Waals surface area contributed by atoms with Crippen LogP contribution in [0.5, 0.6) is 5.75 Å². The third-order valence-corrected chi connectivity index (χ3v) is 7.86. The Morgan fingerprint density at radius 1 is 1.09 bits per heavy atom. The van der Waals surface area contributed by atoms with Crippen LogP contribution in [0.4, 0.5) is 11.6 Å². The molecule has 0 spiro atoms. The number of hydrogen-bond donors (Lipinski definition) is 3. The van der Waals surface area contributed by atoms with Crippen molar-refractivity contribution in [2.45, 2.75) is 77.2 Å². The topological polar surface area (TPSA) is 125 Å². The number of aliphatic hydroxyl groups is 1. The van der Waals surface area contributed by atoms with Gasteiger partial charge in [0.15, 0.2) is 0 Å². The van der Waals surface area contributed by atoms with Crippen LogP contribution >= 0.6 is 0 Å². The summed E-state index contributed by atoms with van der Waals surface area (Å²) >= 11 is 0. The van der Waals surface area contributed by atoms with Gasteiger partial charge in [-0.25, -0.2) is 15.0 Å². The minimum Gasteiger partial charge on any atom is -0.491 e. The summed E-state index contributed by atoms with van der Waals surface area (Å²) in [7, 11) is 0. The second-order valence-corrected chi connectivity index (χ2v) is 12.5. The Morgan fingerprint density at radius 2 is 1.95 bits per heavy atom. The average molecular weight is 590 g/mol. The van der Waals surface area contributed by atoms with Crippen molar-refractivity contribution in [2.24, 2.45) is 0 Å². The van der Waals surface area contributed by atoms with Gasteiger partial charge >= 0.3 is 0 Å². The maximum absolute atomic E-state index is 12.4. The molecule has 10 heteroatoms. The van der Waals surface area contributed by atoms with E-state index in [0.29, 0.717) is 31.9 Å². The highest BCUT2D eigenvalue weighted by molar-refractivity contribution is 5.70. The van der Waals surface area contributed by atoms with E-state index in [2.05, 4.69) is 63.4 Å². The SMILES string of the molecule is Cc1ccc(OCCN(CCCCc2ccc3c(n2)NCCC3)CC[C@@](C=O)(CO)Nc2cc(C(C)(C)C)ncn2)cn1. The molecule has 10 nitrogen and oxygen atoms in total. The molecule has 4 rings (SSSR count). The van der Waals surface area contributed by atoms with E-state index in [1.54, 1.807) is 6.20 Å². The summed E-state index contributed by atoms with van der Waals surface area (Å²) < 4.78 is 5.97. The Morgan fingerprint density at radius 3 is 2.70 bits per heavy atom. The number of anilines is 2. The van der Waals surface area contributed by atoms with Gasteiger partial charge in [0.25, 0.3) is 0 Å². The summed E-state index contributed by atoms with van der Waals surface area (Å²) in [6.07, 6.45) is 9.56. The average Bonchev–Trinajstić information content (AvgIpc) is 3.01. The Hall–Kier alpha value is -3.63. The lowest BCUT2D eigenvalue weighted by molar-refractivity contribution is -0.113. The van der Waals surface area contributed by atoms with Crippen LogP contribution in [-0.2, 0) is 23.1 Å². The number of rotatable bonds is 16. The molecule has 1 atom stereocenters. The summed E-state index contributed by atoms with van der Waals surface area (Å²) in [4.78, 5) is 32.5. The van der Waals surface area contributed by atoms with E-state index in [1.807, 2.05) is 25.1 Å². The summed E-state index contributed by atoms with van der Waals surface area (Å²) in [5, 5.41) is 17.0. The molecule has 3 aromatic rings. The summed E-state index contributed by atoms with van der Waals surface area (Å²) in [5.74, 6) is 2.29. The van der Waals surface area contributed by atoms with Crippen molar-refractivity contribution >= 4 is 17.9 Å². The molecule has 0 aromatic carbocycles. The lowest BCUT2D eigenvalue weighted by Gasteiger charge is -2.31. The number of nitrogens with zero attached hydrogens (tertiary/aromatic N) is 5. The first kappa shape index (κ1) is 32.3. The number of nitrogens with one attached hydrogen (secondary N) is 2. The van der Waals surface area contributed by atoms with Crippen molar-refractivity contribution in [3.05, 3.63) is 65.5 Å². The van der Waals surface area contributed by atoms with Crippen LogP contribution in [0.25, 0.3) is 0 Å². The molecule has 0 saturated heterocycles. The predicted octanol–water partition coefficient (Wildman–Crippen LogP) is 4.37. The van der Waals surface area contributed by atoms with Gasteiger partial charge in [-0.2, -0.15) is 0 Å². The fourth-order valence-corrected chi connectivity index (χ4v) is 5.07. The van der Waals surface area contributed by atoms with Gasteiger partial charge in [0, 0.05) is 42.5 Å². The van der Waals surface area contributed by atoms with Crippen molar-refractivity contribution in [3.63, 3.8) is 0 Å². The molecule has 0 unspecified atom stereocenters. The highest BCUT2D eigenvalue weighted by atomic mass is 16.5. The summed E-state index contributed by atoms with van der Waals surface area (Å²) in [6, 6.07) is 10.1. The number of aldehydes is 1. The highest BCUT2D eigenvalue weighted by Gasteiger charge is 2.30. The molecule has 3 aromatic heterocycles. The van der Waals surface area contributed by atoms with E-state index < -0.39 is 5.54 Å². The molecule has 3 N–H and O–H groups in total. The van der Waals surface area contributed by atoms with E-state index in [0.717, 1.165) is 80.1 Å². The number of carbonyl (C=O) groups excluding carboxylic acids is 1. The molecule has 232 valence electrons. The van der Waals surface area contributed by atoms with Crippen LogP contribution in [0, 0.1) is 6.92 Å². The number of fused-ring (bicyclic) bond motifs is 1. The van der Waals surface area contributed by atoms with Crippen molar-refractivity contribution in [1.82, 2.24) is 24.8 Å². The standard InChI is InChI=1S/C33H47N7O3/c1-25-10-13-28(21-35-25)43-19-18-40(16-6-5-9-27-12-11-26-8-7-15-34-31(26)38-27)17-14-33(22-41,23-42)39-30-20-29(32(2,3)4)36-24-37-30/h10-13,20-22,24,42H,5-9,14-19,23H2,1-4H3,(H,34,38)(H,36,37,39)/t33-/m1/s1. The zero-order chi connectivity index (χ0) is 30.7. The van der Waals surface area contributed by atoms with Gasteiger partial charge < -0.3 is 25.3 Å². The fraction of sp³-hybridized carbons (Fsp3) is 0.545. The van der Waals surface area contributed by atoms with E-state index in [-0.39, 0.29) is 12.0 Å². The molecule has 0 amide bonds. The normalized spacial score (nSPS) is 14.5. The number of pyridine rings is 2. The van der Waals surface area contributed by atoms with Gasteiger partial charge in [-0.15, -0.1) is 0 Å². The molecule has 0 fully saturated rings. The summed E-state index contributed by atoms with van der Waals surface area (Å²) in [6.45, 7) is 11.4. The van der Waals surface area contributed by atoms with Crippen LogP contribution in [0.3, 0.4) is 0 Å². The molecule has 1 aliphatic rings. The van der Waals surface area contributed by atoms with Crippen molar-refractivity contribution in [1.29, 1.82) is 0 Å². The minimum absolute atomic E-state index is 0.169. The first-order valence-electron chi connectivity index (χ1n) is 15.4. The lowest BCUT2D eigenvalue weighted by Crippen LogP contribution is -2.47. The Labute approximate surface area is 255 Å². The van der Waals surface area contributed by atoms with Gasteiger partial charge in [-0.1, -0.05) is 26.8 Å². The fourth-order valence-electron chi connectivity index (χ4n) is 5.07. The number of aromatic nitrogens is 4. The van der Waals surface area contributed by atoms with Crippen LogP contribution in [-0.4, -0.2) is 81.2 Å². The molecule has 0 bridgehead atoms. The van der Waals surface area contributed by atoms with Gasteiger partial charge in [0.2, 0.25) is 0 Å². The van der Waals surface area contributed by atoms with Crippen molar-refractivity contribution in [3.8, 4) is 5.75 Å². The van der Waals surface area contributed by atoms with Gasteiger partial charge in [-0.05, 0) is 75.8 Å². The molecule has 1 aliphatic heterocycles. The third-order valence-electron chi connectivity index (χ3n) is 7.86. The quantitative estimate of drug-likeness (QED) is 0.164. The zero-order valence-corrected chi connectivity index (χ0v) is 26.1. The maximum atomic E-state index is 12.4. The van der Waals surface area contributed by atoms with E-state index in [9.17, 15) is 9.90 Å². The second-order valence-electron chi connectivity index (χ2n) is 12.5. The zero-order valence-electron chi connectivity index (χ0n) is 26.1. The predicted molar refractivity (Wildman–Crippen MR) is 170 cm³/mol. The maximum Gasteiger partial charge on any atom is 0.147 e. The Balaban J connectivity index is 1.36. The number of hydrogen-bond acceptors (Lipinski definition) is 10. The van der Waals surface area contributed by atoms with Crippen LogP contribution < -0.4 is 15.4 Å². The first-order chi connectivity index (χ1) is 20.7. The van der Waals surface area contributed by atoms with Gasteiger partial charge in [0.05, 0.1) is 18.5 Å². The number of ether oxygens (including phenoxy) is 1. The van der Waals surface area contributed by atoms with Crippen LogP contribution in [0.1, 0.15) is 69.1 Å². The van der Waals surface area contributed by atoms with E-state index in [4.69, 9.17) is 9.72 Å². The molecular formula is C33H47N7O3. The summed E-state index contributed by atoms with van der Waals surface area (Å²) in [5.41, 5.74) is 2.88. The number of aliphatic hydroxyl groups excluding tert-OH is 1. The molecule has 0 aliphatic carbocycles. The van der Waals surface area contributed by atoms with Crippen LogP contribution in [0.2, 0.25) is 0 Å². The first-order valence-corrected chi connectivity index (χ1v) is 15.4. The van der Waals surface area contributed by atoms with Gasteiger partial charge in [0.1, 0.15) is 42.1 Å². The van der Waals surface area contributed by atoms with E-state index >= 15 is 0 Å². The molecule has 43 heavy (non-hydrogen) atoms. The smallest absolute Gasteiger partial charge is 0.147 e. The Kier molecular flexibility index (Phi) is 11.4. The molecule has 4 heterocycles. The number of aryl methyl sites for hydroxylation is 3. The van der Waals surface area contributed by atoms with Gasteiger partial charge in [-0.3, -0.25) is 9.88 Å².